The van der Waals surface area contributed by atoms with Gasteiger partial charge in [0.1, 0.15) is 6.04 Å². The number of sulfone groups is 1. The molecule has 0 bridgehead atoms. The predicted molar refractivity (Wildman–Crippen MR) is 82.7 cm³/mol. The van der Waals surface area contributed by atoms with Crippen molar-refractivity contribution >= 4 is 15.8 Å². The molecule has 1 rings (SSSR count). The molecule has 1 N–H and O–H groups in total. The summed E-state index contributed by atoms with van der Waals surface area (Å²) < 4.78 is 27.6. The molecular weight excluding hydrogens is 290 g/mol. The third-order valence-electron chi connectivity index (χ3n) is 3.39. The van der Waals surface area contributed by atoms with E-state index in [9.17, 15) is 13.2 Å². The standard InChI is InChI=1S/C15H23NO4S/c1-5-20-14(17)13(12-9-7-6-8-10-12)16-11-15(2,3)21(4,18)19/h6-10,13,16H,5,11H2,1-4H3. The van der Waals surface area contributed by atoms with Crippen LogP contribution in [0.25, 0.3) is 0 Å². The van der Waals surface area contributed by atoms with Crippen molar-refractivity contribution in [3.8, 4) is 0 Å². The van der Waals surface area contributed by atoms with Crippen LogP contribution in [-0.2, 0) is 19.4 Å². The first-order valence-electron chi connectivity index (χ1n) is 6.83. The molecule has 1 atom stereocenters. The molecule has 0 aliphatic carbocycles. The maximum absolute atomic E-state index is 12.1. The van der Waals surface area contributed by atoms with E-state index >= 15 is 0 Å². The van der Waals surface area contributed by atoms with Gasteiger partial charge in [0.15, 0.2) is 9.84 Å². The Hall–Kier alpha value is -1.40. The molecular formula is C15H23NO4S. The highest BCUT2D eigenvalue weighted by atomic mass is 32.2. The summed E-state index contributed by atoms with van der Waals surface area (Å²) in [7, 11) is -3.23. The van der Waals surface area contributed by atoms with Gasteiger partial charge in [0.2, 0.25) is 0 Å². The minimum absolute atomic E-state index is 0.157. The molecule has 1 aromatic carbocycles. The van der Waals surface area contributed by atoms with Crippen LogP contribution in [0.5, 0.6) is 0 Å². The van der Waals surface area contributed by atoms with Gasteiger partial charge in [-0.1, -0.05) is 30.3 Å². The van der Waals surface area contributed by atoms with Crippen LogP contribution >= 0.6 is 0 Å². The molecule has 5 nitrogen and oxygen atoms in total. The normalized spacial score (nSPS) is 13.7. The molecule has 0 radical (unpaired) electrons. The van der Waals surface area contributed by atoms with Crippen LogP contribution < -0.4 is 5.32 Å². The maximum Gasteiger partial charge on any atom is 0.327 e. The third-order valence-corrected chi connectivity index (χ3v) is 5.54. The Bertz CT molecular complexity index is 567. The van der Waals surface area contributed by atoms with E-state index in [0.29, 0.717) is 0 Å². The first-order chi connectivity index (χ1) is 9.69. The molecule has 0 aromatic heterocycles. The zero-order valence-electron chi connectivity index (χ0n) is 12.9. The van der Waals surface area contributed by atoms with Crippen molar-refractivity contribution in [3.63, 3.8) is 0 Å². The van der Waals surface area contributed by atoms with E-state index in [-0.39, 0.29) is 13.2 Å². The number of carbonyl (C=O) groups is 1. The lowest BCUT2D eigenvalue weighted by Crippen LogP contribution is -2.44. The van der Waals surface area contributed by atoms with E-state index in [0.717, 1.165) is 5.56 Å². The molecule has 1 aromatic rings. The monoisotopic (exact) mass is 313 g/mol. The minimum atomic E-state index is -3.23. The molecule has 0 aliphatic heterocycles. The minimum Gasteiger partial charge on any atom is -0.465 e. The molecule has 0 saturated heterocycles. The highest BCUT2D eigenvalue weighted by Gasteiger charge is 2.32. The first-order valence-corrected chi connectivity index (χ1v) is 8.72. The van der Waals surface area contributed by atoms with Gasteiger partial charge in [-0.2, -0.15) is 0 Å². The molecule has 0 heterocycles. The van der Waals surface area contributed by atoms with Crippen molar-refractivity contribution in [2.75, 3.05) is 19.4 Å². The van der Waals surface area contributed by atoms with E-state index in [1.54, 1.807) is 20.8 Å². The van der Waals surface area contributed by atoms with Crippen molar-refractivity contribution in [2.45, 2.75) is 31.6 Å². The van der Waals surface area contributed by atoms with E-state index in [1.807, 2.05) is 30.3 Å². The van der Waals surface area contributed by atoms with Crippen LogP contribution in [0.4, 0.5) is 0 Å². The fraction of sp³-hybridized carbons (Fsp3) is 0.533. The third kappa shape index (κ3) is 4.82. The van der Waals surface area contributed by atoms with E-state index in [1.165, 1.54) is 6.26 Å². The van der Waals surface area contributed by atoms with E-state index < -0.39 is 26.6 Å². The summed E-state index contributed by atoms with van der Waals surface area (Å²) >= 11 is 0. The summed E-state index contributed by atoms with van der Waals surface area (Å²) in [6, 6.07) is 8.44. The van der Waals surface area contributed by atoms with Crippen molar-refractivity contribution in [1.82, 2.24) is 5.32 Å². The lowest BCUT2D eigenvalue weighted by molar-refractivity contribution is -0.145. The number of ether oxygens (including phenoxy) is 1. The SMILES string of the molecule is CCOC(=O)C(NCC(C)(C)S(C)(=O)=O)c1ccccc1. The number of hydrogen-bond donors (Lipinski definition) is 1. The van der Waals surface area contributed by atoms with Crippen LogP contribution in [0.1, 0.15) is 32.4 Å². The molecule has 0 saturated carbocycles. The molecule has 0 fully saturated rings. The Morgan fingerprint density at radius 2 is 1.86 bits per heavy atom. The van der Waals surface area contributed by atoms with Crippen molar-refractivity contribution < 1.29 is 17.9 Å². The van der Waals surface area contributed by atoms with Crippen LogP contribution in [0.2, 0.25) is 0 Å². The second-order valence-electron chi connectivity index (χ2n) is 5.51. The predicted octanol–water partition coefficient (Wildman–Crippen LogP) is 1.70. The molecule has 21 heavy (non-hydrogen) atoms. The average Bonchev–Trinajstić information content (AvgIpc) is 2.39. The van der Waals surface area contributed by atoms with Gasteiger partial charge < -0.3 is 4.74 Å². The van der Waals surface area contributed by atoms with Gasteiger partial charge in [0.05, 0.1) is 11.4 Å². The van der Waals surface area contributed by atoms with Crippen LogP contribution in [0, 0.1) is 0 Å². The number of esters is 1. The van der Waals surface area contributed by atoms with Gasteiger partial charge in [0, 0.05) is 12.8 Å². The Kier molecular flexibility index (Phi) is 5.92. The number of nitrogens with one attached hydrogen (secondary N) is 1. The zero-order valence-corrected chi connectivity index (χ0v) is 13.7. The summed E-state index contributed by atoms with van der Waals surface area (Å²) in [6.07, 6.45) is 1.19. The molecule has 0 spiro atoms. The Morgan fingerprint density at radius 3 is 2.33 bits per heavy atom. The summed E-state index contributed by atoms with van der Waals surface area (Å²) in [4.78, 5) is 12.1. The Balaban J connectivity index is 2.92. The number of hydrogen-bond acceptors (Lipinski definition) is 5. The quantitative estimate of drug-likeness (QED) is 0.776. The van der Waals surface area contributed by atoms with Crippen molar-refractivity contribution in [3.05, 3.63) is 35.9 Å². The second kappa shape index (κ2) is 7.04. The molecule has 1 unspecified atom stereocenters. The molecule has 0 aliphatic rings. The van der Waals surface area contributed by atoms with Crippen LogP contribution in [0.3, 0.4) is 0 Å². The topological polar surface area (TPSA) is 72.5 Å². The lowest BCUT2D eigenvalue weighted by Gasteiger charge is -2.26. The van der Waals surface area contributed by atoms with Gasteiger partial charge in [-0.05, 0) is 26.3 Å². The fourth-order valence-corrected chi connectivity index (χ4v) is 2.03. The Labute approximate surface area is 126 Å². The Morgan fingerprint density at radius 1 is 1.29 bits per heavy atom. The smallest absolute Gasteiger partial charge is 0.327 e. The highest BCUT2D eigenvalue weighted by Crippen LogP contribution is 2.19. The zero-order chi connectivity index (χ0) is 16.1. The summed E-state index contributed by atoms with van der Waals surface area (Å²) in [5, 5.41) is 3.01. The lowest BCUT2D eigenvalue weighted by atomic mass is 10.1. The van der Waals surface area contributed by atoms with E-state index in [4.69, 9.17) is 4.74 Å². The van der Waals surface area contributed by atoms with Gasteiger partial charge in [-0.25, -0.2) is 13.2 Å². The van der Waals surface area contributed by atoms with Crippen LogP contribution in [-0.4, -0.2) is 38.5 Å². The fourth-order valence-electron chi connectivity index (χ4n) is 1.69. The van der Waals surface area contributed by atoms with Gasteiger partial charge in [0.25, 0.3) is 0 Å². The second-order valence-corrected chi connectivity index (χ2v) is 8.16. The van der Waals surface area contributed by atoms with Gasteiger partial charge in [-0.3, -0.25) is 5.32 Å². The van der Waals surface area contributed by atoms with Gasteiger partial charge >= 0.3 is 5.97 Å². The maximum atomic E-state index is 12.1. The van der Waals surface area contributed by atoms with Crippen molar-refractivity contribution in [2.24, 2.45) is 0 Å². The molecule has 0 amide bonds. The summed E-state index contributed by atoms with van der Waals surface area (Å²) in [5.41, 5.74) is 0.750. The largest absolute Gasteiger partial charge is 0.465 e. The summed E-state index contributed by atoms with van der Waals surface area (Å²) in [6.45, 7) is 5.43. The first kappa shape index (κ1) is 17.7. The van der Waals surface area contributed by atoms with E-state index in [2.05, 4.69) is 5.32 Å². The number of carbonyl (C=O) groups excluding carboxylic acids is 1. The number of benzene rings is 1. The highest BCUT2D eigenvalue weighted by molar-refractivity contribution is 7.92. The van der Waals surface area contributed by atoms with Crippen LogP contribution in [0.15, 0.2) is 30.3 Å². The molecule has 6 heteroatoms. The number of rotatable bonds is 7. The van der Waals surface area contributed by atoms with Gasteiger partial charge in [-0.15, -0.1) is 0 Å². The molecule has 118 valence electrons. The average molecular weight is 313 g/mol. The van der Waals surface area contributed by atoms with Crippen molar-refractivity contribution in [1.29, 1.82) is 0 Å². The summed E-state index contributed by atoms with van der Waals surface area (Å²) in [5.74, 6) is -0.409.